The Labute approximate surface area is 60.2 Å². The van der Waals surface area contributed by atoms with E-state index >= 15 is 0 Å². The molecule has 1 aromatic rings. The summed E-state index contributed by atoms with van der Waals surface area (Å²) in [5, 5.41) is 8.18. The maximum absolute atomic E-state index is 8.18. The molecule has 1 nitrogen and oxygen atoms in total. The van der Waals surface area contributed by atoms with Gasteiger partial charge >= 0.3 is 0 Å². The zero-order chi connectivity index (χ0) is 7.23. The Bertz CT molecular complexity index is 254. The first kappa shape index (κ1) is 6.57. The van der Waals surface area contributed by atoms with E-state index in [4.69, 9.17) is 5.26 Å². The van der Waals surface area contributed by atoms with Gasteiger partial charge in [-0.05, 0) is 17.7 Å². The van der Waals surface area contributed by atoms with Crippen molar-refractivity contribution in [1.29, 1.82) is 5.26 Å². The van der Waals surface area contributed by atoms with Crippen LogP contribution in [0.5, 0.6) is 0 Å². The van der Waals surface area contributed by atoms with Crippen molar-refractivity contribution >= 4 is 6.08 Å². The first-order valence-corrected chi connectivity index (χ1v) is 2.96. The van der Waals surface area contributed by atoms with Crippen LogP contribution in [-0.2, 0) is 0 Å². The molecule has 1 aromatic carbocycles. The van der Waals surface area contributed by atoms with Gasteiger partial charge in [-0.2, -0.15) is 5.26 Å². The van der Waals surface area contributed by atoms with Gasteiger partial charge in [0.1, 0.15) is 0 Å². The van der Waals surface area contributed by atoms with Crippen LogP contribution in [0.3, 0.4) is 0 Å². The molecule has 0 N–H and O–H groups in total. The van der Waals surface area contributed by atoms with Crippen LogP contribution in [0, 0.1) is 17.4 Å². The predicted octanol–water partition coefficient (Wildman–Crippen LogP) is 2.02. The third kappa shape index (κ3) is 1.75. The van der Waals surface area contributed by atoms with E-state index in [-0.39, 0.29) is 0 Å². The third-order valence-electron chi connectivity index (χ3n) is 1.07. The smallest absolute Gasteiger partial charge is 0.0912 e. The van der Waals surface area contributed by atoms with Gasteiger partial charge in [-0.15, -0.1) is 0 Å². The van der Waals surface area contributed by atoms with E-state index in [1.807, 2.05) is 30.3 Å². The van der Waals surface area contributed by atoms with Gasteiger partial charge in [0, 0.05) is 6.08 Å². The molecule has 0 aliphatic carbocycles. The van der Waals surface area contributed by atoms with Gasteiger partial charge in [-0.1, -0.05) is 24.3 Å². The van der Waals surface area contributed by atoms with Crippen LogP contribution in [-0.4, -0.2) is 0 Å². The summed E-state index contributed by atoms with van der Waals surface area (Å²) in [6, 6.07) is 12.4. The molecule has 0 aliphatic rings. The van der Waals surface area contributed by atoms with Gasteiger partial charge in [-0.3, -0.25) is 0 Å². The molecule has 1 rings (SSSR count). The number of benzene rings is 1. The zero-order valence-electron chi connectivity index (χ0n) is 5.41. The van der Waals surface area contributed by atoms with Crippen LogP contribution in [0.15, 0.2) is 30.3 Å². The summed E-state index contributed by atoms with van der Waals surface area (Å²) in [4.78, 5) is 0. The van der Waals surface area contributed by atoms with Gasteiger partial charge in [0.25, 0.3) is 0 Å². The number of rotatable bonds is 1. The summed E-state index contributed by atoms with van der Waals surface area (Å²) in [5.41, 5.74) is 0.934. The van der Waals surface area contributed by atoms with Crippen LogP contribution in [0.2, 0.25) is 0 Å². The van der Waals surface area contributed by atoms with Crippen molar-refractivity contribution in [3.8, 4) is 6.07 Å². The lowest BCUT2D eigenvalue weighted by Gasteiger charge is -1.85. The molecule has 0 aromatic heterocycles. The van der Waals surface area contributed by atoms with Crippen LogP contribution in [0.4, 0.5) is 0 Å². The normalized spacial score (nSPS) is 9.50. The fraction of sp³-hybridized carbons (Fsp3) is 0. The second-order valence-electron chi connectivity index (χ2n) is 1.78. The van der Waals surface area contributed by atoms with Crippen molar-refractivity contribution in [1.82, 2.24) is 0 Å². The number of hydrogen-bond acceptors (Lipinski definition) is 1. The Morgan fingerprint density at radius 1 is 1.50 bits per heavy atom. The van der Waals surface area contributed by atoms with Crippen molar-refractivity contribution in [3.63, 3.8) is 0 Å². The molecule has 0 saturated heterocycles. The minimum absolute atomic E-state index is 0.934. The van der Waals surface area contributed by atoms with E-state index in [2.05, 4.69) is 6.07 Å². The summed E-state index contributed by atoms with van der Waals surface area (Å²) in [6.45, 7) is 0. The lowest BCUT2D eigenvalue weighted by Crippen LogP contribution is -1.67. The highest BCUT2D eigenvalue weighted by molar-refractivity contribution is 5.50. The lowest BCUT2D eigenvalue weighted by molar-refractivity contribution is 1.53. The molecule has 0 unspecified atom stereocenters. The Kier molecular flexibility index (Phi) is 2.28. The minimum atomic E-state index is 0.934. The highest BCUT2D eigenvalue weighted by atomic mass is 14.2. The fourth-order valence-corrected chi connectivity index (χ4v) is 0.638. The summed E-state index contributed by atoms with van der Waals surface area (Å²) in [7, 11) is 0. The Morgan fingerprint density at radius 3 is 3.00 bits per heavy atom. The molecular weight excluding hydrogens is 122 g/mol. The van der Waals surface area contributed by atoms with Crippen LogP contribution >= 0.6 is 0 Å². The monoisotopic (exact) mass is 128 g/mol. The molecule has 0 fully saturated rings. The average molecular weight is 128 g/mol. The highest BCUT2D eigenvalue weighted by Gasteiger charge is 1.79. The molecular formula is C9H6N. The first-order chi connectivity index (χ1) is 4.93. The Balaban J connectivity index is 2.79. The van der Waals surface area contributed by atoms with E-state index in [1.165, 1.54) is 6.08 Å². The van der Waals surface area contributed by atoms with Gasteiger partial charge in [0.2, 0.25) is 0 Å². The van der Waals surface area contributed by atoms with E-state index in [0.29, 0.717) is 0 Å². The largest absolute Gasteiger partial charge is 0.193 e. The van der Waals surface area contributed by atoms with Crippen molar-refractivity contribution < 1.29 is 0 Å². The molecule has 0 saturated carbocycles. The quantitative estimate of drug-likeness (QED) is 0.531. The second kappa shape index (κ2) is 3.47. The molecule has 47 valence electrons. The highest BCUT2D eigenvalue weighted by Crippen LogP contribution is 1.98. The molecule has 0 spiro atoms. The molecule has 0 heterocycles. The van der Waals surface area contributed by atoms with Gasteiger partial charge in [0.05, 0.1) is 6.07 Å². The Morgan fingerprint density at radius 2 is 2.40 bits per heavy atom. The van der Waals surface area contributed by atoms with E-state index in [1.54, 1.807) is 6.08 Å². The number of nitrogens with zero attached hydrogens (tertiary/aromatic N) is 1. The van der Waals surface area contributed by atoms with E-state index in [0.717, 1.165) is 5.56 Å². The van der Waals surface area contributed by atoms with Crippen LogP contribution < -0.4 is 0 Å². The fourth-order valence-electron chi connectivity index (χ4n) is 0.638. The number of allylic oxidation sites excluding steroid dienone is 1. The molecule has 10 heavy (non-hydrogen) atoms. The second-order valence-corrected chi connectivity index (χ2v) is 1.78. The summed E-state index contributed by atoms with van der Waals surface area (Å²) in [5.74, 6) is 0. The Hall–Kier alpha value is -1.55. The topological polar surface area (TPSA) is 23.8 Å². The summed E-state index contributed by atoms with van der Waals surface area (Å²) < 4.78 is 0. The summed E-state index contributed by atoms with van der Waals surface area (Å²) in [6.07, 6.45) is 3.16. The first-order valence-electron chi connectivity index (χ1n) is 2.96. The molecule has 0 aliphatic heterocycles. The standard InChI is InChI=1S/C9H6N/c10-8-4-7-9-5-2-1-3-6-9/h1-5,7H. The van der Waals surface area contributed by atoms with Gasteiger partial charge in [0.15, 0.2) is 0 Å². The van der Waals surface area contributed by atoms with E-state index in [9.17, 15) is 0 Å². The maximum Gasteiger partial charge on any atom is 0.0912 e. The number of hydrogen-bond donors (Lipinski definition) is 0. The van der Waals surface area contributed by atoms with Crippen molar-refractivity contribution in [3.05, 3.63) is 42.0 Å². The molecule has 1 heteroatoms. The van der Waals surface area contributed by atoms with Gasteiger partial charge < -0.3 is 0 Å². The van der Waals surface area contributed by atoms with Gasteiger partial charge in [-0.25, -0.2) is 0 Å². The minimum Gasteiger partial charge on any atom is -0.193 e. The average Bonchev–Trinajstić information content (AvgIpc) is 2.03. The van der Waals surface area contributed by atoms with Crippen LogP contribution in [0.1, 0.15) is 5.56 Å². The molecule has 0 atom stereocenters. The van der Waals surface area contributed by atoms with Crippen LogP contribution in [0.25, 0.3) is 6.08 Å². The lowest BCUT2D eigenvalue weighted by atomic mass is 10.2. The van der Waals surface area contributed by atoms with E-state index < -0.39 is 0 Å². The SMILES string of the molecule is N#CC=Cc1[c]cccc1. The summed E-state index contributed by atoms with van der Waals surface area (Å²) >= 11 is 0. The van der Waals surface area contributed by atoms with Crippen molar-refractivity contribution in [2.24, 2.45) is 0 Å². The van der Waals surface area contributed by atoms with Crippen molar-refractivity contribution in [2.75, 3.05) is 0 Å². The predicted molar refractivity (Wildman–Crippen MR) is 39.9 cm³/mol. The number of nitriles is 1. The molecule has 0 amide bonds. The molecule has 1 radical (unpaired) electrons. The zero-order valence-corrected chi connectivity index (χ0v) is 5.41. The third-order valence-corrected chi connectivity index (χ3v) is 1.07. The maximum atomic E-state index is 8.18. The van der Waals surface area contributed by atoms with Crippen molar-refractivity contribution in [2.45, 2.75) is 0 Å². The molecule has 0 bridgehead atoms.